The smallest absolute Gasteiger partial charge is 0.251 e. The third-order valence-corrected chi connectivity index (χ3v) is 1.76. The largest absolute Gasteiger partial charge is 0.370 e. The van der Waals surface area contributed by atoms with Crippen LogP contribution in [-0.2, 0) is 4.79 Å². The van der Waals surface area contributed by atoms with Gasteiger partial charge in [0.2, 0.25) is 5.91 Å². The van der Waals surface area contributed by atoms with Gasteiger partial charge in [-0.3, -0.25) is 9.59 Å². The average molecular weight is 210 g/mol. The molecule has 0 aromatic heterocycles. The van der Waals surface area contributed by atoms with Crippen LogP contribution in [0.1, 0.15) is 16.8 Å². The fourth-order valence-electron chi connectivity index (χ4n) is 1.00. The molecular formula is C10H11FN2O2. The Morgan fingerprint density at radius 1 is 1.27 bits per heavy atom. The lowest BCUT2D eigenvalue weighted by Gasteiger charge is -2.03. The van der Waals surface area contributed by atoms with Crippen molar-refractivity contribution in [1.29, 1.82) is 0 Å². The molecule has 0 heterocycles. The zero-order valence-electron chi connectivity index (χ0n) is 8.00. The number of hydrogen-bond donors (Lipinski definition) is 2. The van der Waals surface area contributed by atoms with E-state index < -0.39 is 11.7 Å². The molecule has 1 aromatic rings. The first-order valence-electron chi connectivity index (χ1n) is 4.41. The van der Waals surface area contributed by atoms with Gasteiger partial charge in [-0.25, -0.2) is 4.39 Å². The first-order valence-corrected chi connectivity index (χ1v) is 4.41. The van der Waals surface area contributed by atoms with Crippen molar-refractivity contribution < 1.29 is 14.0 Å². The molecule has 0 unspecified atom stereocenters. The lowest BCUT2D eigenvalue weighted by Crippen LogP contribution is -2.27. The number of nitrogens with one attached hydrogen (secondary N) is 1. The van der Waals surface area contributed by atoms with Crippen molar-refractivity contribution in [3.05, 3.63) is 35.6 Å². The van der Waals surface area contributed by atoms with Crippen LogP contribution in [0.25, 0.3) is 0 Å². The molecule has 80 valence electrons. The Kier molecular flexibility index (Phi) is 3.79. The number of carbonyl (C=O) groups excluding carboxylic acids is 2. The topological polar surface area (TPSA) is 72.2 Å². The fourth-order valence-corrected chi connectivity index (χ4v) is 1.00. The van der Waals surface area contributed by atoms with E-state index in [0.29, 0.717) is 5.56 Å². The lowest BCUT2D eigenvalue weighted by atomic mass is 10.2. The van der Waals surface area contributed by atoms with Gasteiger partial charge < -0.3 is 11.1 Å². The summed E-state index contributed by atoms with van der Waals surface area (Å²) < 4.78 is 12.5. The highest BCUT2D eigenvalue weighted by Crippen LogP contribution is 2.02. The van der Waals surface area contributed by atoms with E-state index in [9.17, 15) is 14.0 Å². The molecule has 0 aliphatic heterocycles. The lowest BCUT2D eigenvalue weighted by molar-refractivity contribution is -0.117. The predicted octanol–water partition coefficient (Wildman–Crippen LogP) is 0.431. The molecule has 0 saturated heterocycles. The summed E-state index contributed by atoms with van der Waals surface area (Å²) >= 11 is 0. The highest BCUT2D eigenvalue weighted by atomic mass is 19.1. The zero-order chi connectivity index (χ0) is 11.3. The molecule has 0 radical (unpaired) electrons. The van der Waals surface area contributed by atoms with Crippen molar-refractivity contribution in [3.8, 4) is 0 Å². The highest BCUT2D eigenvalue weighted by molar-refractivity contribution is 5.94. The highest BCUT2D eigenvalue weighted by Gasteiger charge is 2.04. The van der Waals surface area contributed by atoms with Crippen LogP contribution in [0.5, 0.6) is 0 Å². The molecule has 4 nitrogen and oxygen atoms in total. The maximum Gasteiger partial charge on any atom is 0.251 e. The van der Waals surface area contributed by atoms with E-state index >= 15 is 0 Å². The first-order chi connectivity index (χ1) is 7.09. The molecule has 0 aliphatic carbocycles. The molecule has 0 fully saturated rings. The van der Waals surface area contributed by atoms with Crippen LogP contribution < -0.4 is 11.1 Å². The summed E-state index contributed by atoms with van der Waals surface area (Å²) in [4.78, 5) is 21.7. The van der Waals surface area contributed by atoms with Crippen molar-refractivity contribution in [2.75, 3.05) is 6.54 Å². The third kappa shape index (κ3) is 3.76. The molecule has 15 heavy (non-hydrogen) atoms. The Hall–Kier alpha value is -1.91. The second-order valence-electron chi connectivity index (χ2n) is 2.98. The van der Waals surface area contributed by atoms with E-state index in [1.165, 1.54) is 24.3 Å². The number of primary amides is 1. The Balaban J connectivity index is 2.47. The Morgan fingerprint density at radius 3 is 2.40 bits per heavy atom. The minimum Gasteiger partial charge on any atom is -0.370 e. The summed E-state index contributed by atoms with van der Waals surface area (Å²) in [5.74, 6) is -1.23. The average Bonchev–Trinajstić information content (AvgIpc) is 2.18. The fraction of sp³-hybridized carbons (Fsp3) is 0.200. The molecule has 0 bridgehead atoms. The minimum atomic E-state index is -0.477. The molecule has 5 heteroatoms. The number of benzene rings is 1. The third-order valence-electron chi connectivity index (χ3n) is 1.76. The van der Waals surface area contributed by atoms with Crippen molar-refractivity contribution in [3.63, 3.8) is 0 Å². The maximum atomic E-state index is 12.5. The zero-order valence-corrected chi connectivity index (χ0v) is 8.00. The molecule has 0 aliphatic rings. The summed E-state index contributed by atoms with van der Waals surface area (Å²) in [5.41, 5.74) is 5.25. The van der Waals surface area contributed by atoms with Crippen LogP contribution in [-0.4, -0.2) is 18.4 Å². The van der Waals surface area contributed by atoms with Crippen molar-refractivity contribution >= 4 is 11.8 Å². The monoisotopic (exact) mass is 210 g/mol. The van der Waals surface area contributed by atoms with Gasteiger partial charge in [-0.05, 0) is 24.3 Å². The SMILES string of the molecule is NC(=O)CCNC(=O)c1ccc(F)cc1. The Morgan fingerprint density at radius 2 is 1.87 bits per heavy atom. The molecule has 0 spiro atoms. The summed E-state index contributed by atoms with van der Waals surface area (Å²) in [5, 5.41) is 2.49. The van der Waals surface area contributed by atoms with E-state index in [1.807, 2.05) is 0 Å². The normalized spacial score (nSPS) is 9.67. The number of hydrogen-bond acceptors (Lipinski definition) is 2. The van der Waals surface area contributed by atoms with E-state index in [4.69, 9.17) is 5.73 Å². The molecule has 0 atom stereocenters. The number of halogens is 1. The minimum absolute atomic E-state index is 0.0902. The number of nitrogens with two attached hydrogens (primary N) is 1. The van der Waals surface area contributed by atoms with Gasteiger partial charge in [0.05, 0.1) is 0 Å². The van der Waals surface area contributed by atoms with Crippen LogP contribution in [0.3, 0.4) is 0 Å². The van der Waals surface area contributed by atoms with Crippen LogP contribution in [0.15, 0.2) is 24.3 Å². The second kappa shape index (κ2) is 5.09. The Labute approximate surface area is 86.3 Å². The van der Waals surface area contributed by atoms with Crippen LogP contribution >= 0.6 is 0 Å². The Bertz CT molecular complexity index is 362. The molecule has 2 amide bonds. The van der Waals surface area contributed by atoms with Gasteiger partial charge in [0.1, 0.15) is 5.82 Å². The number of rotatable bonds is 4. The second-order valence-corrected chi connectivity index (χ2v) is 2.98. The van der Waals surface area contributed by atoms with Gasteiger partial charge in [-0.2, -0.15) is 0 Å². The van der Waals surface area contributed by atoms with Gasteiger partial charge in [0.25, 0.3) is 5.91 Å². The van der Waals surface area contributed by atoms with Crippen LogP contribution in [0, 0.1) is 5.82 Å². The standard InChI is InChI=1S/C10H11FN2O2/c11-8-3-1-7(2-4-8)10(15)13-6-5-9(12)14/h1-4H,5-6H2,(H2,12,14)(H,13,15). The van der Waals surface area contributed by atoms with E-state index in [2.05, 4.69) is 5.32 Å². The molecule has 1 rings (SSSR count). The molecule has 1 aromatic carbocycles. The number of amides is 2. The maximum absolute atomic E-state index is 12.5. The summed E-state index contributed by atoms with van der Waals surface area (Å²) in [6.07, 6.45) is 0.0902. The molecule has 3 N–H and O–H groups in total. The van der Waals surface area contributed by atoms with Gasteiger partial charge in [-0.1, -0.05) is 0 Å². The van der Waals surface area contributed by atoms with E-state index in [1.54, 1.807) is 0 Å². The quantitative estimate of drug-likeness (QED) is 0.756. The van der Waals surface area contributed by atoms with Gasteiger partial charge in [0.15, 0.2) is 0 Å². The van der Waals surface area contributed by atoms with Gasteiger partial charge in [0, 0.05) is 18.5 Å². The summed E-state index contributed by atoms with van der Waals surface area (Å²) in [6, 6.07) is 5.13. The van der Waals surface area contributed by atoms with Crippen LogP contribution in [0.4, 0.5) is 4.39 Å². The van der Waals surface area contributed by atoms with Gasteiger partial charge >= 0.3 is 0 Å². The van der Waals surface area contributed by atoms with E-state index in [-0.39, 0.29) is 18.9 Å². The van der Waals surface area contributed by atoms with Crippen molar-refractivity contribution in [2.45, 2.75) is 6.42 Å². The molecular weight excluding hydrogens is 199 g/mol. The van der Waals surface area contributed by atoms with Gasteiger partial charge in [-0.15, -0.1) is 0 Å². The summed E-state index contributed by atoms with van der Waals surface area (Å²) in [7, 11) is 0. The predicted molar refractivity (Wildman–Crippen MR) is 52.5 cm³/mol. The van der Waals surface area contributed by atoms with Crippen molar-refractivity contribution in [2.24, 2.45) is 5.73 Å². The van der Waals surface area contributed by atoms with Crippen LogP contribution in [0.2, 0.25) is 0 Å². The summed E-state index contributed by atoms with van der Waals surface area (Å²) in [6.45, 7) is 0.186. The first kappa shape index (κ1) is 11.2. The van der Waals surface area contributed by atoms with Crippen molar-refractivity contribution in [1.82, 2.24) is 5.32 Å². The van der Waals surface area contributed by atoms with E-state index in [0.717, 1.165) is 0 Å². The number of carbonyl (C=O) groups is 2. The molecule has 0 saturated carbocycles.